The first kappa shape index (κ1) is 13.2. The van der Waals surface area contributed by atoms with E-state index in [-0.39, 0.29) is 5.91 Å². The van der Waals surface area contributed by atoms with Gasteiger partial charge in [-0.15, -0.1) is 0 Å². The SMILES string of the molecule is CCN(CC)C(=O)CCc1ccc([C@@H]2C[C@H]2C)o1. The summed E-state index contributed by atoms with van der Waals surface area (Å²) in [5.74, 6) is 3.66. The largest absolute Gasteiger partial charge is 0.466 e. The molecule has 3 nitrogen and oxygen atoms in total. The zero-order valence-electron chi connectivity index (χ0n) is 11.6. The van der Waals surface area contributed by atoms with Gasteiger partial charge in [-0.25, -0.2) is 0 Å². The standard InChI is InChI=1S/C15H23NO2/c1-4-16(5-2)15(17)9-7-12-6-8-14(18-12)13-10-11(13)3/h6,8,11,13H,4-5,7,9-10H2,1-3H3/t11-,13-/m1/s1. The van der Waals surface area contributed by atoms with E-state index in [4.69, 9.17) is 4.42 Å². The third kappa shape index (κ3) is 2.95. The van der Waals surface area contributed by atoms with Crippen LogP contribution >= 0.6 is 0 Å². The van der Waals surface area contributed by atoms with Crippen molar-refractivity contribution in [3.8, 4) is 0 Å². The van der Waals surface area contributed by atoms with E-state index in [9.17, 15) is 4.79 Å². The van der Waals surface area contributed by atoms with E-state index in [2.05, 4.69) is 13.0 Å². The summed E-state index contributed by atoms with van der Waals surface area (Å²) in [6.45, 7) is 7.86. The Morgan fingerprint density at radius 1 is 1.39 bits per heavy atom. The van der Waals surface area contributed by atoms with Gasteiger partial charge >= 0.3 is 0 Å². The van der Waals surface area contributed by atoms with E-state index >= 15 is 0 Å². The Bertz CT molecular complexity index is 406. The zero-order chi connectivity index (χ0) is 13.1. The molecule has 1 aromatic heterocycles. The normalized spacial score (nSPS) is 21.9. The minimum Gasteiger partial charge on any atom is -0.466 e. The fraction of sp³-hybridized carbons (Fsp3) is 0.667. The molecule has 1 fully saturated rings. The van der Waals surface area contributed by atoms with Crippen molar-refractivity contribution in [3.05, 3.63) is 23.7 Å². The predicted octanol–water partition coefficient (Wildman–Crippen LogP) is 3.20. The molecule has 0 radical (unpaired) electrons. The number of hydrogen-bond donors (Lipinski definition) is 0. The Balaban J connectivity index is 1.83. The fourth-order valence-electron chi connectivity index (χ4n) is 2.41. The summed E-state index contributed by atoms with van der Waals surface area (Å²) in [6.07, 6.45) is 2.51. The van der Waals surface area contributed by atoms with Crippen molar-refractivity contribution in [1.82, 2.24) is 4.90 Å². The van der Waals surface area contributed by atoms with Gasteiger partial charge in [0.05, 0.1) is 0 Å². The third-order valence-corrected chi connectivity index (χ3v) is 3.86. The zero-order valence-corrected chi connectivity index (χ0v) is 11.6. The van der Waals surface area contributed by atoms with E-state index in [1.807, 2.05) is 24.8 Å². The van der Waals surface area contributed by atoms with Crippen LogP contribution in [0.15, 0.2) is 16.5 Å². The van der Waals surface area contributed by atoms with Gasteiger partial charge in [-0.1, -0.05) is 6.92 Å². The summed E-state index contributed by atoms with van der Waals surface area (Å²) in [7, 11) is 0. The molecule has 2 atom stereocenters. The molecule has 1 heterocycles. The van der Waals surface area contributed by atoms with Crippen LogP contribution in [0.1, 0.15) is 51.1 Å². The first-order valence-electron chi connectivity index (χ1n) is 7.02. The molecule has 0 saturated heterocycles. The lowest BCUT2D eigenvalue weighted by Crippen LogP contribution is -2.30. The minimum atomic E-state index is 0.220. The van der Waals surface area contributed by atoms with Crippen LogP contribution < -0.4 is 0 Å². The summed E-state index contributed by atoms with van der Waals surface area (Å²) < 4.78 is 5.80. The molecule has 1 aliphatic rings. The van der Waals surface area contributed by atoms with Crippen LogP contribution in [-0.2, 0) is 11.2 Å². The topological polar surface area (TPSA) is 33.5 Å². The van der Waals surface area contributed by atoms with Crippen molar-refractivity contribution < 1.29 is 9.21 Å². The number of nitrogens with zero attached hydrogens (tertiary/aromatic N) is 1. The first-order chi connectivity index (χ1) is 8.65. The Kier molecular flexibility index (Phi) is 4.10. The van der Waals surface area contributed by atoms with E-state index in [1.54, 1.807) is 0 Å². The number of hydrogen-bond acceptors (Lipinski definition) is 2. The summed E-state index contributed by atoms with van der Waals surface area (Å²) in [5.41, 5.74) is 0. The molecule has 100 valence electrons. The predicted molar refractivity (Wildman–Crippen MR) is 71.5 cm³/mol. The molecule has 1 saturated carbocycles. The average Bonchev–Trinajstić information content (AvgIpc) is 2.92. The first-order valence-corrected chi connectivity index (χ1v) is 7.02. The molecule has 3 heteroatoms. The molecule has 1 aromatic rings. The van der Waals surface area contributed by atoms with Gasteiger partial charge in [-0.3, -0.25) is 4.79 Å². The van der Waals surface area contributed by atoms with Crippen LogP contribution in [-0.4, -0.2) is 23.9 Å². The number of carbonyl (C=O) groups is 1. The van der Waals surface area contributed by atoms with E-state index in [1.165, 1.54) is 6.42 Å². The van der Waals surface area contributed by atoms with Crippen molar-refractivity contribution in [2.45, 2.75) is 46.0 Å². The summed E-state index contributed by atoms with van der Waals surface area (Å²) in [5, 5.41) is 0. The molecule has 18 heavy (non-hydrogen) atoms. The van der Waals surface area contributed by atoms with Gasteiger partial charge in [0.1, 0.15) is 11.5 Å². The highest BCUT2D eigenvalue weighted by molar-refractivity contribution is 5.76. The number of aryl methyl sites for hydroxylation is 1. The lowest BCUT2D eigenvalue weighted by Gasteiger charge is -2.17. The van der Waals surface area contributed by atoms with Crippen molar-refractivity contribution >= 4 is 5.91 Å². The van der Waals surface area contributed by atoms with E-state index < -0.39 is 0 Å². The Hall–Kier alpha value is -1.25. The van der Waals surface area contributed by atoms with Gasteiger partial charge in [0.2, 0.25) is 5.91 Å². The molecular weight excluding hydrogens is 226 g/mol. The molecule has 0 unspecified atom stereocenters. The van der Waals surface area contributed by atoms with Crippen LogP contribution in [0.2, 0.25) is 0 Å². The maximum Gasteiger partial charge on any atom is 0.222 e. The molecule has 1 aliphatic carbocycles. The number of furan rings is 1. The molecular formula is C15H23NO2. The van der Waals surface area contributed by atoms with Crippen LogP contribution in [0.3, 0.4) is 0 Å². The molecule has 0 spiro atoms. The van der Waals surface area contributed by atoms with Crippen molar-refractivity contribution in [1.29, 1.82) is 0 Å². The highest BCUT2D eigenvalue weighted by Crippen LogP contribution is 2.47. The fourth-order valence-corrected chi connectivity index (χ4v) is 2.41. The van der Waals surface area contributed by atoms with E-state index in [0.29, 0.717) is 12.3 Å². The highest BCUT2D eigenvalue weighted by atomic mass is 16.3. The Labute approximate surface area is 109 Å². The number of amides is 1. The number of carbonyl (C=O) groups excluding carboxylic acids is 1. The van der Waals surface area contributed by atoms with Crippen molar-refractivity contribution in [2.75, 3.05) is 13.1 Å². The van der Waals surface area contributed by atoms with Gasteiger partial charge in [0.25, 0.3) is 0 Å². The number of rotatable bonds is 6. The molecule has 0 aliphatic heterocycles. The minimum absolute atomic E-state index is 0.220. The molecule has 0 N–H and O–H groups in total. The summed E-state index contributed by atoms with van der Waals surface area (Å²) in [4.78, 5) is 13.7. The van der Waals surface area contributed by atoms with Gasteiger partial charge < -0.3 is 9.32 Å². The monoisotopic (exact) mass is 249 g/mol. The average molecular weight is 249 g/mol. The third-order valence-electron chi connectivity index (χ3n) is 3.86. The maximum atomic E-state index is 11.9. The van der Waals surface area contributed by atoms with E-state index in [0.717, 1.165) is 36.9 Å². The van der Waals surface area contributed by atoms with Crippen molar-refractivity contribution in [2.24, 2.45) is 5.92 Å². The smallest absolute Gasteiger partial charge is 0.222 e. The lowest BCUT2D eigenvalue weighted by molar-refractivity contribution is -0.130. The second-order valence-electron chi connectivity index (χ2n) is 5.19. The molecule has 1 amide bonds. The Morgan fingerprint density at radius 3 is 2.61 bits per heavy atom. The van der Waals surface area contributed by atoms with Gasteiger partial charge in [0, 0.05) is 31.8 Å². The van der Waals surface area contributed by atoms with Crippen molar-refractivity contribution in [3.63, 3.8) is 0 Å². The lowest BCUT2D eigenvalue weighted by atomic mass is 10.2. The summed E-state index contributed by atoms with van der Waals surface area (Å²) in [6, 6.07) is 4.10. The molecule has 2 rings (SSSR count). The van der Waals surface area contributed by atoms with Gasteiger partial charge in [-0.05, 0) is 38.3 Å². The second kappa shape index (κ2) is 5.59. The molecule has 0 aromatic carbocycles. The molecule has 0 bridgehead atoms. The Morgan fingerprint density at radius 2 is 2.06 bits per heavy atom. The maximum absolute atomic E-state index is 11.9. The van der Waals surface area contributed by atoms with Crippen LogP contribution in [0, 0.1) is 5.92 Å². The second-order valence-corrected chi connectivity index (χ2v) is 5.19. The van der Waals surface area contributed by atoms with Gasteiger partial charge in [0.15, 0.2) is 0 Å². The quantitative estimate of drug-likeness (QED) is 0.775. The summed E-state index contributed by atoms with van der Waals surface area (Å²) >= 11 is 0. The van der Waals surface area contributed by atoms with Crippen LogP contribution in [0.4, 0.5) is 0 Å². The highest BCUT2D eigenvalue weighted by Gasteiger charge is 2.36. The van der Waals surface area contributed by atoms with Crippen LogP contribution in [0.25, 0.3) is 0 Å². The van der Waals surface area contributed by atoms with Crippen LogP contribution in [0.5, 0.6) is 0 Å². The van der Waals surface area contributed by atoms with Gasteiger partial charge in [-0.2, -0.15) is 0 Å².